The lowest BCUT2D eigenvalue weighted by Gasteiger charge is -2.44. The highest BCUT2D eigenvalue weighted by molar-refractivity contribution is 6.26. The minimum absolute atomic E-state index is 0.0299. The van der Waals surface area contributed by atoms with Gasteiger partial charge in [0.05, 0.1) is 6.04 Å². The number of carboxylic acids is 1. The first kappa shape index (κ1) is 21.3. The minimum atomic E-state index is -1.02. The van der Waals surface area contributed by atoms with Crippen molar-refractivity contribution >= 4 is 17.7 Å². The topological polar surface area (TPSA) is 104 Å². The average molecular weight is 402 g/mol. The molecular weight excluding hydrogens is 370 g/mol. The van der Waals surface area contributed by atoms with Gasteiger partial charge in [0, 0.05) is 18.3 Å². The number of carbonyl (C=O) groups is 3. The Hall–Kier alpha value is -2.37. The molecule has 0 radical (unpaired) electrons. The SMILES string of the molecule is C/C=C(\C)[C@@H]1C=C[C@@H]2C[C@@H](C)CC[C@@H]2[C@H]1/C(O)=C1/C(=O)N[C@@H](CCC(=O)O)C1=O. The second kappa shape index (κ2) is 8.56. The quantitative estimate of drug-likeness (QED) is 0.283. The van der Waals surface area contributed by atoms with Gasteiger partial charge in [-0.15, -0.1) is 0 Å². The van der Waals surface area contributed by atoms with Gasteiger partial charge in [0.25, 0.3) is 5.91 Å². The fourth-order valence-electron chi connectivity index (χ4n) is 5.23. The first-order chi connectivity index (χ1) is 13.7. The first-order valence-corrected chi connectivity index (χ1v) is 10.6. The van der Waals surface area contributed by atoms with Gasteiger partial charge < -0.3 is 15.5 Å². The number of rotatable bonds is 5. The van der Waals surface area contributed by atoms with E-state index in [2.05, 4.69) is 24.4 Å². The summed E-state index contributed by atoms with van der Waals surface area (Å²) in [7, 11) is 0. The van der Waals surface area contributed by atoms with Crippen LogP contribution in [-0.2, 0) is 14.4 Å². The summed E-state index contributed by atoms with van der Waals surface area (Å²) in [5, 5.41) is 22.7. The Morgan fingerprint density at radius 3 is 2.62 bits per heavy atom. The largest absolute Gasteiger partial charge is 0.511 e. The van der Waals surface area contributed by atoms with E-state index in [0.29, 0.717) is 11.8 Å². The third-order valence-electron chi connectivity index (χ3n) is 6.93. The van der Waals surface area contributed by atoms with Gasteiger partial charge in [-0.25, -0.2) is 0 Å². The second-order valence-corrected chi connectivity index (χ2v) is 8.80. The van der Waals surface area contributed by atoms with Crippen LogP contribution in [0.5, 0.6) is 0 Å². The Balaban J connectivity index is 1.97. The summed E-state index contributed by atoms with van der Waals surface area (Å²) >= 11 is 0. The summed E-state index contributed by atoms with van der Waals surface area (Å²) in [5.41, 5.74) is 0.927. The number of Topliss-reactive ketones (excluding diaryl/α,β-unsaturated/α-hetero) is 1. The highest BCUT2D eigenvalue weighted by Crippen LogP contribution is 2.49. The smallest absolute Gasteiger partial charge is 0.303 e. The Morgan fingerprint density at radius 2 is 1.97 bits per heavy atom. The summed E-state index contributed by atoms with van der Waals surface area (Å²) in [5.74, 6) is -1.45. The number of aliphatic hydroxyl groups excluding tert-OH is 1. The number of carbonyl (C=O) groups excluding carboxylic acids is 2. The molecule has 0 aromatic carbocycles. The van der Waals surface area contributed by atoms with E-state index in [0.717, 1.165) is 24.8 Å². The molecule has 6 heteroatoms. The number of aliphatic hydroxyl groups is 1. The number of aliphatic carboxylic acids is 1. The van der Waals surface area contributed by atoms with Crippen molar-refractivity contribution in [1.82, 2.24) is 5.32 Å². The lowest BCUT2D eigenvalue weighted by atomic mass is 9.60. The molecule has 3 aliphatic rings. The van der Waals surface area contributed by atoms with Crippen LogP contribution in [0.15, 0.2) is 35.1 Å². The lowest BCUT2D eigenvalue weighted by molar-refractivity contribution is -0.137. The minimum Gasteiger partial charge on any atom is -0.511 e. The zero-order chi connectivity index (χ0) is 21.3. The van der Waals surface area contributed by atoms with E-state index in [4.69, 9.17) is 5.11 Å². The molecule has 1 heterocycles. The van der Waals surface area contributed by atoms with Gasteiger partial charge in [-0.3, -0.25) is 14.4 Å². The van der Waals surface area contributed by atoms with Gasteiger partial charge >= 0.3 is 5.97 Å². The van der Waals surface area contributed by atoms with Gasteiger partial charge in [0.1, 0.15) is 11.3 Å². The van der Waals surface area contributed by atoms with Crippen LogP contribution in [0.3, 0.4) is 0 Å². The van der Waals surface area contributed by atoms with E-state index in [9.17, 15) is 19.5 Å². The molecule has 1 aliphatic heterocycles. The number of hydrogen-bond acceptors (Lipinski definition) is 4. The molecule has 29 heavy (non-hydrogen) atoms. The number of ketones is 1. The molecule has 3 N–H and O–H groups in total. The van der Waals surface area contributed by atoms with Crippen LogP contribution in [0.25, 0.3) is 0 Å². The summed E-state index contributed by atoms with van der Waals surface area (Å²) in [6.07, 6.45) is 9.26. The van der Waals surface area contributed by atoms with Crippen molar-refractivity contribution in [2.75, 3.05) is 0 Å². The molecule has 1 amide bonds. The summed E-state index contributed by atoms with van der Waals surface area (Å²) < 4.78 is 0. The molecule has 6 nitrogen and oxygen atoms in total. The van der Waals surface area contributed by atoms with Crippen LogP contribution < -0.4 is 5.32 Å². The lowest BCUT2D eigenvalue weighted by Crippen LogP contribution is -2.38. The van der Waals surface area contributed by atoms with Crippen molar-refractivity contribution in [3.8, 4) is 0 Å². The van der Waals surface area contributed by atoms with E-state index in [1.54, 1.807) is 0 Å². The Labute approximate surface area is 171 Å². The van der Waals surface area contributed by atoms with Crippen molar-refractivity contribution in [2.45, 2.75) is 58.9 Å². The number of fused-ring (bicyclic) bond motifs is 1. The standard InChI is InChI=1S/C23H31NO5/c1-4-13(3)15-8-6-14-11-12(2)5-7-16(14)19(15)22(28)20-21(27)17(24-23(20)29)9-10-18(25)26/h4,6,8,12,14-17,19,28H,5,7,9-11H2,1-3H3,(H,24,29)(H,25,26)/b13-4+,22-20-/t12-,14+,15-,16-,17-,19-/m0/s1. The molecule has 6 atom stereocenters. The van der Waals surface area contributed by atoms with Crippen LogP contribution in [0.2, 0.25) is 0 Å². The number of allylic oxidation sites excluding steroid dienone is 5. The van der Waals surface area contributed by atoms with Crippen molar-refractivity contribution in [3.63, 3.8) is 0 Å². The van der Waals surface area contributed by atoms with Crippen molar-refractivity contribution < 1.29 is 24.6 Å². The third-order valence-corrected chi connectivity index (χ3v) is 6.93. The molecule has 1 saturated heterocycles. The van der Waals surface area contributed by atoms with Crippen LogP contribution in [-0.4, -0.2) is 33.9 Å². The maximum atomic E-state index is 12.8. The Kier molecular flexibility index (Phi) is 6.30. The zero-order valence-electron chi connectivity index (χ0n) is 17.4. The molecule has 0 aromatic rings. The van der Waals surface area contributed by atoms with E-state index in [-0.39, 0.29) is 41.9 Å². The highest BCUT2D eigenvalue weighted by atomic mass is 16.4. The number of nitrogens with one attached hydrogen (secondary N) is 1. The van der Waals surface area contributed by atoms with Crippen molar-refractivity contribution in [1.29, 1.82) is 0 Å². The van der Waals surface area contributed by atoms with E-state index in [1.165, 1.54) is 0 Å². The van der Waals surface area contributed by atoms with E-state index < -0.39 is 23.7 Å². The normalized spacial score (nSPS) is 36.6. The fourth-order valence-corrected chi connectivity index (χ4v) is 5.23. The fraction of sp³-hybridized carbons (Fsp3) is 0.609. The summed E-state index contributed by atoms with van der Waals surface area (Å²) in [6.45, 7) is 6.20. The second-order valence-electron chi connectivity index (χ2n) is 8.80. The van der Waals surface area contributed by atoms with Gasteiger partial charge in [0.2, 0.25) is 0 Å². The van der Waals surface area contributed by atoms with Gasteiger partial charge in [0.15, 0.2) is 5.78 Å². The van der Waals surface area contributed by atoms with Crippen LogP contribution in [0.4, 0.5) is 0 Å². The maximum absolute atomic E-state index is 12.8. The Bertz CT molecular complexity index is 793. The van der Waals surface area contributed by atoms with Gasteiger partial charge in [-0.2, -0.15) is 0 Å². The molecule has 2 fully saturated rings. The first-order valence-electron chi connectivity index (χ1n) is 10.6. The Morgan fingerprint density at radius 1 is 1.24 bits per heavy atom. The van der Waals surface area contributed by atoms with Crippen LogP contribution in [0.1, 0.15) is 52.9 Å². The molecule has 0 aromatic heterocycles. The summed E-state index contributed by atoms with van der Waals surface area (Å²) in [6, 6.07) is -0.877. The average Bonchev–Trinajstić information content (AvgIpc) is 2.97. The molecule has 158 valence electrons. The highest BCUT2D eigenvalue weighted by Gasteiger charge is 2.46. The molecule has 2 aliphatic carbocycles. The summed E-state index contributed by atoms with van der Waals surface area (Å²) in [4.78, 5) is 36.2. The molecular formula is C23H31NO5. The van der Waals surface area contributed by atoms with Crippen LogP contribution in [0, 0.1) is 29.6 Å². The van der Waals surface area contributed by atoms with Crippen LogP contribution >= 0.6 is 0 Å². The predicted molar refractivity (Wildman–Crippen MR) is 109 cm³/mol. The van der Waals surface area contributed by atoms with E-state index >= 15 is 0 Å². The molecule has 1 saturated carbocycles. The number of hydrogen-bond donors (Lipinski definition) is 3. The number of carboxylic acid groups (broad SMARTS) is 1. The monoisotopic (exact) mass is 401 g/mol. The molecule has 0 bridgehead atoms. The molecule has 0 unspecified atom stereocenters. The number of amides is 1. The molecule has 0 spiro atoms. The van der Waals surface area contributed by atoms with E-state index in [1.807, 2.05) is 19.9 Å². The van der Waals surface area contributed by atoms with Gasteiger partial charge in [-0.05, 0) is 50.9 Å². The predicted octanol–water partition coefficient (Wildman–Crippen LogP) is 3.55. The third kappa shape index (κ3) is 4.16. The maximum Gasteiger partial charge on any atom is 0.303 e. The van der Waals surface area contributed by atoms with Gasteiger partial charge in [-0.1, -0.05) is 37.1 Å². The van der Waals surface area contributed by atoms with Crippen molar-refractivity contribution in [3.05, 3.63) is 35.1 Å². The zero-order valence-corrected chi connectivity index (χ0v) is 17.4. The van der Waals surface area contributed by atoms with Crippen molar-refractivity contribution in [2.24, 2.45) is 29.6 Å². The molecule has 3 rings (SSSR count).